The van der Waals surface area contributed by atoms with Crippen LogP contribution in [0.5, 0.6) is 0 Å². The normalized spacial score (nSPS) is 11.9. The zero-order valence-electron chi connectivity index (χ0n) is 11.7. The van der Waals surface area contributed by atoms with Crippen molar-refractivity contribution in [3.63, 3.8) is 0 Å². The molecule has 19 heavy (non-hydrogen) atoms. The van der Waals surface area contributed by atoms with Crippen molar-refractivity contribution in [1.82, 2.24) is 0 Å². The number of hydrogen-bond donors (Lipinski definition) is 1. The van der Waals surface area contributed by atoms with Gasteiger partial charge in [-0.05, 0) is 36.6 Å². The summed E-state index contributed by atoms with van der Waals surface area (Å²) in [6.07, 6.45) is 2.20. The molecule has 1 heteroatoms. The molecule has 0 saturated carbocycles. The molecule has 0 saturated heterocycles. The van der Waals surface area contributed by atoms with Gasteiger partial charge in [-0.25, -0.2) is 0 Å². The minimum absolute atomic E-state index is 1.07. The van der Waals surface area contributed by atoms with Crippen LogP contribution in [-0.4, -0.2) is 0 Å². The largest absolute Gasteiger partial charge is 0.359 e. The maximum Gasteiger partial charge on any atom is 0.0381 e. The van der Waals surface area contributed by atoms with Gasteiger partial charge in [-0.15, -0.1) is 0 Å². The van der Waals surface area contributed by atoms with Crippen molar-refractivity contribution in [2.45, 2.75) is 26.7 Å². The van der Waals surface area contributed by atoms with Gasteiger partial charge in [-0.3, -0.25) is 0 Å². The summed E-state index contributed by atoms with van der Waals surface area (Å²) >= 11 is 0. The summed E-state index contributed by atoms with van der Waals surface area (Å²) in [4.78, 5) is 0. The molecule has 0 aliphatic carbocycles. The SMILES string of the molecule is CCCC(Nc1ccccc1)=C(C)c1ccccc1. The van der Waals surface area contributed by atoms with E-state index in [4.69, 9.17) is 0 Å². The summed E-state index contributed by atoms with van der Waals surface area (Å²) < 4.78 is 0. The smallest absolute Gasteiger partial charge is 0.0381 e. The predicted molar refractivity (Wildman–Crippen MR) is 84.0 cm³/mol. The average Bonchev–Trinajstić information content (AvgIpc) is 2.48. The lowest BCUT2D eigenvalue weighted by Crippen LogP contribution is -2.02. The zero-order chi connectivity index (χ0) is 13.5. The third kappa shape index (κ3) is 3.72. The van der Waals surface area contributed by atoms with E-state index in [2.05, 4.69) is 73.8 Å². The molecule has 0 aliphatic rings. The third-order valence-corrected chi connectivity index (χ3v) is 3.23. The maximum absolute atomic E-state index is 3.56. The first-order valence-electron chi connectivity index (χ1n) is 6.88. The van der Waals surface area contributed by atoms with Gasteiger partial charge in [0.2, 0.25) is 0 Å². The first-order valence-corrected chi connectivity index (χ1v) is 6.88. The van der Waals surface area contributed by atoms with Gasteiger partial charge < -0.3 is 5.32 Å². The number of allylic oxidation sites excluding steroid dienone is 2. The first kappa shape index (κ1) is 13.4. The van der Waals surface area contributed by atoms with Gasteiger partial charge >= 0.3 is 0 Å². The second-order valence-electron chi connectivity index (χ2n) is 4.71. The van der Waals surface area contributed by atoms with Crippen molar-refractivity contribution in [1.29, 1.82) is 0 Å². The number of nitrogens with one attached hydrogen (secondary N) is 1. The van der Waals surface area contributed by atoms with Crippen molar-refractivity contribution in [2.24, 2.45) is 0 Å². The topological polar surface area (TPSA) is 12.0 Å². The minimum Gasteiger partial charge on any atom is -0.359 e. The van der Waals surface area contributed by atoms with Crippen LogP contribution < -0.4 is 5.32 Å². The molecule has 0 bridgehead atoms. The Morgan fingerprint density at radius 3 is 2.05 bits per heavy atom. The van der Waals surface area contributed by atoms with E-state index >= 15 is 0 Å². The van der Waals surface area contributed by atoms with Crippen molar-refractivity contribution in [2.75, 3.05) is 5.32 Å². The molecular weight excluding hydrogens is 230 g/mol. The number of hydrogen-bond acceptors (Lipinski definition) is 1. The Morgan fingerprint density at radius 1 is 0.895 bits per heavy atom. The highest BCUT2D eigenvalue weighted by Crippen LogP contribution is 2.23. The van der Waals surface area contributed by atoms with E-state index < -0.39 is 0 Å². The lowest BCUT2D eigenvalue weighted by Gasteiger charge is -2.15. The first-order chi connectivity index (χ1) is 9.31. The highest BCUT2D eigenvalue weighted by atomic mass is 14.9. The van der Waals surface area contributed by atoms with Gasteiger partial charge in [-0.1, -0.05) is 61.9 Å². The molecule has 2 aromatic carbocycles. The molecular formula is C18H21N. The fraction of sp³-hybridized carbons (Fsp3) is 0.222. The van der Waals surface area contributed by atoms with E-state index in [0.29, 0.717) is 0 Å². The van der Waals surface area contributed by atoms with E-state index in [-0.39, 0.29) is 0 Å². The van der Waals surface area contributed by atoms with Crippen LogP contribution in [0.25, 0.3) is 5.57 Å². The lowest BCUT2D eigenvalue weighted by molar-refractivity contribution is 0.910. The Bertz CT molecular complexity index is 526. The number of rotatable bonds is 5. The van der Waals surface area contributed by atoms with Crippen LogP contribution in [-0.2, 0) is 0 Å². The standard InChI is InChI=1S/C18H21N/c1-3-10-18(19-17-13-8-5-9-14-17)15(2)16-11-6-4-7-12-16/h4-9,11-14,19H,3,10H2,1-2H3. The molecule has 0 spiro atoms. The van der Waals surface area contributed by atoms with E-state index in [0.717, 1.165) is 18.5 Å². The molecule has 0 aliphatic heterocycles. The molecule has 0 fully saturated rings. The van der Waals surface area contributed by atoms with E-state index in [1.165, 1.54) is 16.8 Å². The quantitative estimate of drug-likeness (QED) is 0.757. The number of anilines is 1. The highest BCUT2D eigenvalue weighted by Gasteiger charge is 2.04. The van der Waals surface area contributed by atoms with Gasteiger partial charge in [0, 0.05) is 11.4 Å². The van der Waals surface area contributed by atoms with Crippen LogP contribution in [0.3, 0.4) is 0 Å². The Balaban J connectivity index is 2.29. The Kier molecular flexibility index (Phi) is 4.79. The maximum atomic E-state index is 3.56. The highest BCUT2D eigenvalue weighted by molar-refractivity contribution is 5.70. The van der Waals surface area contributed by atoms with Gasteiger partial charge in [-0.2, -0.15) is 0 Å². The Hall–Kier alpha value is -2.02. The third-order valence-electron chi connectivity index (χ3n) is 3.23. The van der Waals surface area contributed by atoms with Crippen molar-refractivity contribution in [3.05, 3.63) is 71.9 Å². The minimum atomic E-state index is 1.07. The Morgan fingerprint density at radius 2 is 1.47 bits per heavy atom. The second kappa shape index (κ2) is 6.79. The molecule has 1 nitrogen and oxygen atoms in total. The average molecular weight is 251 g/mol. The molecule has 0 aromatic heterocycles. The van der Waals surface area contributed by atoms with Gasteiger partial charge in [0.25, 0.3) is 0 Å². The van der Waals surface area contributed by atoms with Crippen LogP contribution in [0.4, 0.5) is 5.69 Å². The number of benzene rings is 2. The number of para-hydroxylation sites is 1. The van der Waals surface area contributed by atoms with Gasteiger partial charge in [0.15, 0.2) is 0 Å². The molecule has 0 amide bonds. The molecule has 0 atom stereocenters. The molecule has 1 N–H and O–H groups in total. The summed E-state index contributed by atoms with van der Waals surface area (Å²) in [5, 5.41) is 3.56. The summed E-state index contributed by atoms with van der Waals surface area (Å²) in [7, 11) is 0. The lowest BCUT2D eigenvalue weighted by atomic mass is 10.0. The molecule has 2 rings (SSSR count). The monoisotopic (exact) mass is 251 g/mol. The fourth-order valence-electron chi connectivity index (χ4n) is 2.15. The molecule has 2 aromatic rings. The summed E-state index contributed by atoms with van der Waals surface area (Å²) in [5.74, 6) is 0. The molecule has 0 unspecified atom stereocenters. The van der Waals surface area contributed by atoms with Crippen LogP contribution in [0, 0.1) is 0 Å². The van der Waals surface area contributed by atoms with E-state index in [9.17, 15) is 0 Å². The summed E-state index contributed by atoms with van der Waals surface area (Å²) in [6, 6.07) is 20.9. The Labute approximate surface area is 116 Å². The zero-order valence-corrected chi connectivity index (χ0v) is 11.7. The van der Waals surface area contributed by atoms with Crippen LogP contribution in [0.1, 0.15) is 32.3 Å². The van der Waals surface area contributed by atoms with Crippen molar-refractivity contribution >= 4 is 11.3 Å². The summed E-state index contributed by atoms with van der Waals surface area (Å²) in [5.41, 5.74) is 5.07. The summed E-state index contributed by atoms with van der Waals surface area (Å²) in [6.45, 7) is 4.40. The van der Waals surface area contributed by atoms with Crippen LogP contribution in [0.2, 0.25) is 0 Å². The van der Waals surface area contributed by atoms with Gasteiger partial charge in [0.05, 0.1) is 0 Å². The molecule has 0 radical (unpaired) electrons. The van der Waals surface area contributed by atoms with E-state index in [1.54, 1.807) is 0 Å². The van der Waals surface area contributed by atoms with E-state index in [1.807, 2.05) is 6.07 Å². The second-order valence-corrected chi connectivity index (χ2v) is 4.71. The van der Waals surface area contributed by atoms with Crippen molar-refractivity contribution in [3.8, 4) is 0 Å². The van der Waals surface area contributed by atoms with Crippen LogP contribution in [0.15, 0.2) is 66.4 Å². The molecule has 0 heterocycles. The fourth-order valence-corrected chi connectivity index (χ4v) is 2.15. The molecule has 98 valence electrons. The van der Waals surface area contributed by atoms with Crippen molar-refractivity contribution < 1.29 is 0 Å². The predicted octanol–water partition coefficient (Wildman–Crippen LogP) is 5.33. The van der Waals surface area contributed by atoms with Crippen LogP contribution >= 0.6 is 0 Å². The van der Waals surface area contributed by atoms with Gasteiger partial charge in [0.1, 0.15) is 0 Å².